The molecule has 1 aliphatic rings. The van der Waals surface area contributed by atoms with Gasteiger partial charge in [0.2, 0.25) is 5.91 Å². The number of amides is 1. The van der Waals surface area contributed by atoms with E-state index in [0.29, 0.717) is 5.69 Å². The minimum Gasteiger partial charge on any atom is -0.496 e. The predicted molar refractivity (Wildman–Crippen MR) is 98.4 cm³/mol. The van der Waals surface area contributed by atoms with Gasteiger partial charge < -0.3 is 19.8 Å². The van der Waals surface area contributed by atoms with Crippen LogP contribution in [-0.4, -0.2) is 40.5 Å². The standard InChI is InChI=1S/C19H22N4O3/c1-25-17-6-2-5-16-19(17)13(9-20-16)8-18(24)22-14-10-21-23(11-14)12-15-4-3-7-26-15/h2,5-6,9-11,15,20H,3-4,7-8,12H2,1H3,(H,22,24). The van der Waals surface area contributed by atoms with Crippen LogP contribution >= 0.6 is 0 Å². The van der Waals surface area contributed by atoms with Gasteiger partial charge in [-0.25, -0.2) is 0 Å². The number of nitrogens with one attached hydrogen (secondary N) is 2. The number of aromatic amines is 1. The summed E-state index contributed by atoms with van der Waals surface area (Å²) in [5.74, 6) is 0.671. The van der Waals surface area contributed by atoms with Crippen molar-refractivity contribution in [1.82, 2.24) is 14.8 Å². The van der Waals surface area contributed by atoms with E-state index in [1.165, 1.54) is 0 Å². The van der Waals surface area contributed by atoms with Crippen molar-refractivity contribution < 1.29 is 14.3 Å². The van der Waals surface area contributed by atoms with Crippen molar-refractivity contribution in [3.8, 4) is 5.75 Å². The fraction of sp³-hybridized carbons (Fsp3) is 0.368. The molecule has 2 N–H and O–H groups in total. The van der Waals surface area contributed by atoms with E-state index in [4.69, 9.17) is 9.47 Å². The number of benzene rings is 1. The number of rotatable bonds is 6. The summed E-state index contributed by atoms with van der Waals surface area (Å²) in [5, 5.41) is 8.16. The molecule has 3 heterocycles. The molecular formula is C19H22N4O3. The molecule has 0 bridgehead atoms. The summed E-state index contributed by atoms with van der Waals surface area (Å²) in [6.07, 6.45) is 8.01. The van der Waals surface area contributed by atoms with Gasteiger partial charge in [-0.1, -0.05) is 6.07 Å². The van der Waals surface area contributed by atoms with Crippen molar-refractivity contribution in [2.24, 2.45) is 0 Å². The number of ether oxygens (including phenoxy) is 2. The van der Waals surface area contributed by atoms with Gasteiger partial charge in [0, 0.05) is 29.9 Å². The highest BCUT2D eigenvalue weighted by Gasteiger charge is 2.17. The third-order valence-electron chi connectivity index (χ3n) is 4.65. The molecule has 136 valence electrons. The van der Waals surface area contributed by atoms with Gasteiger partial charge in [0.25, 0.3) is 0 Å². The molecule has 1 aromatic carbocycles. The van der Waals surface area contributed by atoms with Crippen LogP contribution in [0.2, 0.25) is 0 Å². The Labute approximate surface area is 151 Å². The van der Waals surface area contributed by atoms with Crippen molar-refractivity contribution in [1.29, 1.82) is 0 Å². The second-order valence-corrected chi connectivity index (χ2v) is 6.51. The predicted octanol–water partition coefficient (Wildman–Crippen LogP) is 2.73. The fourth-order valence-electron chi connectivity index (χ4n) is 3.43. The molecule has 4 rings (SSSR count). The van der Waals surface area contributed by atoms with Crippen molar-refractivity contribution in [2.45, 2.75) is 31.9 Å². The highest BCUT2D eigenvalue weighted by Crippen LogP contribution is 2.29. The van der Waals surface area contributed by atoms with Gasteiger partial charge in [0.1, 0.15) is 5.75 Å². The first kappa shape index (κ1) is 16.7. The monoisotopic (exact) mass is 354 g/mol. The van der Waals surface area contributed by atoms with Gasteiger partial charge >= 0.3 is 0 Å². The Kier molecular flexibility index (Phi) is 4.62. The van der Waals surface area contributed by atoms with E-state index < -0.39 is 0 Å². The lowest BCUT2D eigenvalue weighted by Gasteiger charge is -2.08. The first-order valence-electron chi connectivity index (χ1n) is 8.80. The normalized spacial score (nSPS) is 16.9. The molecule has 1 fully saturated rings. The molecule has 0 saturated carbocycles. The van der Waals surface area contributed by atoms with Crippen LogP contribution in [0.15, 0.2) is 36.8 Å². The van der Waals surface area contributed by atoms with Gasteiger partial charge in [-0.05, 0) is 30.5 Å². The zero-order chi connectivity index (χ0) is 17.9. The number of methoxy groups -OCH3 is 1. The topological polar surface area (TPSA) is 81.2 Å². The number of nitrogens with zero attached hydrogens (tertiary/aromatic N) is 2. The van der Waals surface area contributed by atoms with Crippen molar-refractivity contribution in [2.75, 3.05) is 19.0 Å². The zero-order valence-corrected chi connectivity index (χ0v) is 14.7. The number of fused-ring (bicyclic) bond motifs is 1. The summed E-state index contributed by atoms with van der Waals surface area (Å²) in [6.45, 7) is 1.54. The first-order valence-corrected chi connectivity index (χ1v) is 8.80. The fourth-order valence-corrected chi connectivity index (χ4v) is 3.43. The molecule has 0 spiro atoms. The molecule has 1 amide bonds. The lowest BCUT2D eigenvalue weighted by molar-refractivity contribution is -0.115. The Morgan fingerprint density at radius 2 is 2.42 bits per heavy atom. The second-order valence-electron chi connectivity index (χ2n) is 6.51. The van der Waals surface area contributed by atoms with E-state index in [1.54, 1.807) is 13.3 Å². The van der Waals surface area contributed by atoms with E-state index >= 15 is 0 Å². The van der Waals surface area contributed by atoms with E-state index in [2.05, 4.69) is 15.4 Å². The number of aromatic nitrogens is 3. The lowest BCUT2D eigenvalue weighted by atomic mass is 10.1. The molecule has 1 aliphatic heterocycles. The Morgan fingerprint density at radius 1 is 1.50 bits per heavy atom. The van der Waals surface area contributed by atoms with Crippen LogP contribution in [-0.2, 0) is 22.5 Å². The molecular weight excluding hydrogens is 332 g/mol. The zero-order valence-electron chi connectivity index (χ0n) is 14.7. The van der Waals surface area contributed by atoms with E-state index in [-0.39, 0.29) is 18.4 Å². The Bertz CT molecular complexity index is 909. The van der Waals surface area contributed by atoms with Crippen LogP contribution in [0.4, 0.5) is 5.69 Å². The van der Waals surface area contributed by atoms with Gasteiger partial charge in [-0.2, -0.15) is 5.10 Å². The van der Waals surface area contributed by atoms with Crippen LogP contribution in [0, 0.1) is 0 Å². The average Bonchev–Trinajstić information content (AvgIpc) is 3.38. The third-order valence-corrected chi connectivity index (χ3v) is 4.65. The van der Waals surface area contributed by atoms with Crippen LogP contribution in [0.5, 0.6) is 5.75 Å². The van der Waals surface area contributed by atoms with E-state index in [9.17, 15) is 4.79 Å². The lowest BCUT2D eigenvalue weighted by Crippen LogP contribution is -2.15. The van der Waals surface area contributed by atoms with Crippen molar-refractivity contribution in [3.05, 3.63) is 42.4 Å². The number of anilines is 1. The SMILES string of the molecule is COc1cccc2[nH]cc(CC(=O)Nc3cnn(CC4CCCO4)c3)c12. The summed E-state index contributed by atoms with van der Waals surface area (Å²) in [7, 11) is 1.63. The molecule has 7 nitrogen and oxygen atoms in total. The number of H-pyrrole nitrogens is 1. The number of carbonyl (C=O) groups excluding carboxylic acids is 1. The molecule has 26 heavy (non-hydrogen) atoms. The molecule has 0 radical (unpaired) electrons. The number of carbonyl (C=O) groups is 1. The van der Waals surface area contributed by atoms with Crippen molar-refractivity contribution >= 4 is 22.5 Å². The Balaban J connectivity index is 1.42. The molecule has 2 aromatic heterocycles. The van der Waals surface area contributed by atoms with Crippen LogP contribution in [0.1, 0.15) is 18.4 Å². The molecule has 7 heteroatoms. The van der Waals surface area contributed by atoms with E-state index in [1.807, 2.05) is 35.3 Å². The molecule has 1 atom stereocenters. The summed E-state index contributed by atoms with van der Waals surface area (Å²) in [5.41, 5.74) is 2.55. The van der Waals surface area contributed by atoms with Gasteiger partial charge in [0.15, 0.2) is 0 Å². The number of hydrogen-bond donors (Lipinski definition) is 2. The maximum Gasteiger partial charge on any atom is 0.228 e. The van der Waals surface area contributed by atoms with Gasteiger partial charge in [0.05, 0.1) is 38.1 Å². The third kappa shape index (κ3) is 3.43. The quantitative estimate of drug-likeness (QED) is 0.713. The minimum atomic E-state index is -0.0894. The molecule has 3 aromatic rings. The first-order chi connectivity index (χ1) is 12.7. The molecule has 1 unspecified atom stereocenters. The minimum absolute atomic E-state index is 0.0894. The molecule has 0 aliphatic carbocycles. The van der Waals surface area contributed by atoms with Crippen LogP contribution in [0.3, 0.4) is 0 Å². The Morgan fingerprint density at radius 3 is 3.23 bits per heavy atom. The largest absolute Gasteiger partial charge is 0.496 e. The summed E-state index contributed by atoms with van der Waals surface area (Å²) in [6, 6.07) is 5.78. The highest BCUT2D eigenvalue weighted by molar-refractivity contribution is 5.97. The van der Waals surface area contributed by atoms with Gasteiger partial charge in [-0.15, -0.1) is 0 Å². The van der Waals surface area contributed by atoms with Gasteiger partial charge in [-0.3, -0.25) is 9.48 Å². The number of hydrogen-bond acceptors (Lipinski definition) is 4. The summed E-state index contributed by atoms with van der Waals surface area (Å²) >= 11 is 0. The summed E-state index contributed by atoms with van der Waals surface area (Å²) in [4.78, 5) is 15.6. The smallest absolute Gasteiger partial charge is 0.228 e. The van der Waals surface area contributed by atoms with Crippen molar-refractivity contribution in [3.63, 3.8) is 0 Å². The van der Waals surface area contributed by atoms with Crippen LogP contribution in [0.25, 0.3) is 10.9 Å². The average molecular weight is 354 g/mol. The van der Waals surface area contributed by atoms with Crippen LogP contribution < -0.4 is 10.1 Å². The Hall–Kier alpha value is -2.80. The second kappa shape index (κ2) is 7.21. The maximum atomic E-state index is 12.4. The van der Waals surface area contributed by atoms with E-state index in [0.717, 1.165) is 48.2 Å². The highest BCUT2D eigenvalue weighted by atomic mass is 16.5. The maximum absolute atomic E-state index is 12.4. The summed E-state index contributed by atoms with van der Waals surface area (Å²) < 4.78 is 12.9. The molecule has 1 saturated heterocycles.